The SMILES string of the molecule is CCCCOc1ccc(C(=O)NCc2nnc3ccccn23)cc1. The lowest BCUT2D eigenvalue weighted by molar-refractivity contribution is 0.0949. The molecule has 0 aliphatic heterocycles. The Labute approximate surface area is 140 Å². The molecule has 124 valence electrons. The summed E-state index contributed by atoms with van der Waals surface area (Å²) in [7, 11) is 0. The fourth-order valence-corrected chi connectivity index (χ4v) is 2.31. The van der Waals surface area contributed by atoms with Crippen molar-refractivity contribution >= 4 is 11.6 Å². The summed E-state index contributed by atoms with van der Waals surface area (Å²) in [5.41, 5.74) is 1.35. The van der Waals surface area contributed by atoms with Crippen LogP contribution in [0, 0.1) is 0 Å². The van der Waals surface area contributed by atoms with Crippen molar-refractivity contribution in [3.05, 3.63) is 60.0 Å². The molecular weight excluding hydrogens is 304 g/mol. The molecule has 0 radical (unpaired) electrons. The van der Waals surface area contributed by atoms with Crippen LogP contribution in [0.2, 0.25) is 0 Å². The Kier molecular flexibility index (Phi) is 5.05. The van der Waals surface area contributed by atoms with E-state index in [4.69, 9.17) is 4.74 Å². The number of amides is 1. The van der Waals surface area contributed by atoms with E-state index in [1.165, 1.54) is 0 Å². The van der Waals surface area contributed by atoms with E-state index in [0.29, 0.717) is 24.5 Å². The second-order valence-corrected chi connectivity index (χ2v) is 5.45. The smallest absolute Gasteiger partial charge is 0.251 e. The number of aromatic nitrogens is 3. The van der Waals surface area contributed by atoms with Crippen LogP contribution in [0.15, 0.2) is 48.7 Å². The van der Waals surface area contributed by atoms with Crippen molar-refractivity contribution in [2.75, 3.05) is 6.61 Å². The predicted molar refractivity (Wildman–Crippen MR) is 91.0 cm³/mol. The largest absolute Gasteiger partial charge is 0.494 e. The van der Waals surface area contributed by atoms with Gasteiger partial charge in [0.05, 0.1) is 13.2 Å². The van der Waals surface area contributed by atoms with Crippen LogP contribution in [-0.4, -0.2) is 27.1 Å². The highest BCUT2D eigenvalue weighted by molar-refractivity contribution is 5.94. The van der Waals surface area contributed by atoms with E-state index in [1.807, 2.05) is 40.9 Å². The lowest BCUT2D eigenvalue weighted by Crippen LogP contribution is -2.23. The zero-order valence-corrected chi connectivity index (χ0v) is 13.6. The quantitative estimate of drug-likeness (QED) is 0.679. The Balaban J connectivity index is 1.58. The minimum absolute atomic E-state index is 0.150. The van der Waals surface area contributed by atoms with Gasteiger partial charge in [0.2, 0.25) is 0 Å². The van der Waals surface area contributed by atoms with Gasteiger partial charge < -0.3 is 10.1 Å². The molecule has 1 amide bonds. The van der Waals surface area contributed by atoms with Gasteiger partial charge in [-0.3, -0.25) is 9.20 Å². The van der Waals surface area contributed by atoms with Crippen molar-refractivity contribution in [2.24, 2.45) is 0 Å². The average Bonchev–Trinajstić information content (AvgIpc) is 3.04. The molecule has 1 N–H and O–H groups in total. The molecule has 0 saturated heterocycles. The third kappa shape index (κ3) is 3.71. The zero-order chi connectivity index (χ0) is 16.8. The number of nitrogens with one attached hydrogen (secondary N) is 1. The normalized spacial score (nSPS) is 10.7. The molecule has 0 spiro atoms. The van der Waals surface area contributed by atoms with E-state index in [-0.39, 0.29) is 5.91 Å². The first-order valence-electron chi connectivity index (χ1n) is 8.07. The summed E-state index contributed by atoms with van der Waals surface area (Å²) in [6.45, 7) is 3.14. The van der Waals surface area contributed by atoms with E-state index in [2.05, 4.69) is 22.4 Å². The Morgan fingerprint density at radius 3 is 2.79 bits per heavy atom. The number of pyridine rings is 1. The Morgan fingerprint density at radius 2 is 2.00 bits per heavy atom. The predicted octanol–water partition coefficient (Wildman–Crippen LogP) is 2.84. The number of unbranched alkanes of at least 4 members (excludes halogenated alkanes) is 1. The van der Waals surface area contributed by atoms with Gasteiger partial charge in [0.15, 0.2) is 11.5 Å². The molecular formula is C18H20N4O2. The third-order valence-electron chi connectivity index (χ3n) is 3.67. The lowest BCUT2D eigenvalue weighted by Gasteiger charge is -2.07. The van der Waals surface area contributed by atoms with E-state index >= 15 is 0 Å². The molecule has 3 aromatic rings. The first kappa shape index (κ1) is 16.0. The van der Waals surface area contributed by atoms with Crippen molar-refractivity contribution in [1.82, 2.24) is 19.9 Å². The number of nitrogens with zero attached hydrogens (tertiary/aromatic N) is 3. The van der Waals surface area contributed by atoms with Crippen LogP contribution in [0.4, 0.5) is 0 Å². The molecule has 0 unspecified atom stereocenters. The fraction of sp³-hybridized carbons (Fsp3) is 0.278. The van der Waals surface area contributed by atoms with E-state index in [0.717, 1.165) is 24.2 Å². The highest BCUT2D eigenvalue weighted by Gasteiger charge is 2.09. The van der Waals surface area contributed by atoms with Gasteiger partial charge in [-0.2, -0.15) is 0 Å². The van der Waals surface area contributed by atoms with Gasteiger partial charge in [-0.1, -0.05) is 19.4 Å². The maximum absolute atomic E-state index is 12.2. The number of fused-ring (bicyclic) bond motifs is 1. The van der Waals surface area contributed by atoms with Gasteiger partial charge in [0, 0.05) is 11.8 Å². The molecule has 6 heteroatoms. The number of carbonyl (C=O) groups excluding carboxylic acids is 1. The third-order valence-corrected chi connectivity index (χ3v) is 3.67. The van der Waals surface area contributed by atoms with Crippen LogP contribution in [0.3, 0.4) is 0 Å². The van der Waals surface area contributed by atoms with Crippen LogP contribution in [0.5, 0.6) is 5.75 Å². The Morgan fingerprint density at radius 1 is 1.17 bits per heavy atom. The molecule has 24 heavy (non-hydrogen) atoms. The molecule has 2 heterocycles. The second-order valence-electron chi connectivity index (χ2n) is 5.45. The van der Waals surface area contributed by atoms with Crippen LogP contribution in [0.1, 0.15) is 35.9 Å². The maximum Gasteiger partial charge on any atom is 0.251 e. The number of ether oxygens (including phenoxy) is 1. The van der Waals surface area contributed by atoms with Crippen LogP contribution >= 0.6 is 0 Å². The fourth-order valence-electron chi connectivity index (χ4n) is 2.31. The summed E-state index contributed by atoms with van der Waals surface area (Å²) in [6.07, 6.45) is 3.99. The van der Waals surface area contributed by atoms with Gasteiger partial charge in [-0.15, -0.1) is 10.2 Å². The first-order chi connectivity index (χ1) is 11.8. The molecule has 0 atom stereocenters. The molecule has 0 aliphatic carbocycles. The molecule has 0 fully saturated rings. The van der Waals surface area contributed by atoms with Crippen molar-refractivity contribution in [2.45, 2.75) is 26.3 Å². The van der Waals surface area contributed by atoms with Crippen LogP contribution in [-0.2, 0) is 6.54 Å². The van der Waals surface area contributed by atoms with Gasteiger partial charge in [0.25, 0.3) is 5.91 Å². The van der Waals surface area contributed by atoms with Gasteiger partial charge in [-0.05, 0) is 42.8 Å². The Hall–Kier alpha value is -2.89. The summed E-state index contributed by atoms with van der Waals surface area (Å²) in [4.78, 5) is 12.2. The van der Waals surface area contributed by atoms with Gasteiger partial charge >= 0.3 is 0 Å². The van der Waals surface area contributed by atoms with Crippen molar-refractivity contribution in [1.29, 1.82) is 0 Å². The number of hydrogen-bond donors (Lipinski definition) is 1. The maximum atomic E-state index is 12.2. The molecule has 0 bridgehead atoms. The summed E-state index contributed by atoms with van der Waals surface area (Å²) >= 11 is 0. The summed E-state index contributed by atoms with van der Waals surface area (Å²) < 4.78 is 7.45. The van der Waals surface area contributed by atoms with E-state index in [9.17, 15) is 4.79 Å². The minimum atomic E-state index is -0.150. The summed E-state index contributed by atoms with van der Waals surface area (Å²) in [5, 5.41) is 11.0. The highest BCUT2D eigenvalue weighted by atomic mass is 16.5. The number of benzene rings is 1. The number of rotatable bonds is 7. The molecule has 0 saturated carbocycles. The van der Waals surface area contributed by atoms with Crippen molar-refractivity contribution in [3.8, 4) is 5.75 Å². The molecule has 2 aromatic heterocycles. The topological polar surface area (TPSA) is 68.5 Å². The Bertz CT molecular complexity index is 811. The molecule has 0 aliphatic rings. The zero-order valence-electron chi connectivity index (χ0n) is 13.6. The van der Waals surface area contributed by atoms with Gasteiger partial charge in [-0.25, -0.2) is 0 Å². The van der Waals surface area contributed by atoms with Crippen molar-refractivity contribution in [3.63, 3.8) is 0 Å². The number of hydrogen-bond acceptors (Lipinski definition) is 4. The minimum Gasteiger partial charge on any atom is -0.494 e. The molecule has 1 aromatic carbocycles. The first-order valence-corrected chi connectivity index (χ1v) is 8.07. The number of carbonyl (C=O) groups is 1. The summed E-state index contributed by atoms with van der Waals surface area (Å²) in [6, 6.07) is 12.8. The van der Waals surface area contributed by atoms with E-state index < -0.39 is 0 Å². The second kappa shape index (κ2) is 7.59. The monoisotopic (exact) mass is 324 g/mol. The van der Waals surface area contributed by atoms with Crippen LogP contribution in [0.25, 0.3) is 5.65 Å². The average molecular weight is 324 g/mol. The van der Waals surface area contributed by atoms with Gasteiger partial charge in [0.1, 0.15) is 5.75 Å². The standard InChI is InChI=1S/C18H20N4O2/c1-2-3-12-24-15-9-7-14(8-10-15)18(23)19-13-17-21-20-16-6-4-5-11-22(16)17/h4-11H,2-3,12-13H2,1H3,(H,19,23). The van der Waals surface area contributed by atoms with E-state index in [1.54, 1.807) is 12.1 Å². The highest BCUT2D eigenvalue weighted by Crippen LogP contribution is 2.13. The summed E-state index contributed by atoms with van der Waals surface area (Å²) in [5.74, 6) is 1.32. The lowest BCUT2D eigenvalue weighted by atomic mass is 10.2. The van der Waals surface area contributed by atoms with Crippen LogP contribution < -0.4 is 10.1 Å². The molecule has 3 rings (SSSR count). The molecule has 6 nitrogen and oxygen atoms in total. The van der Waals surface area contributed by atoms with Crippen molar-refractivity contribution < 1.29 is 9.53 Å².